The van der Waals surface area contributed by atoms with Crippen LogP contribution in [-0.2, 0) is 21.4 Å². The Hall–Kier alpha value is -2.38. The van der Waals surface area contributed by atoms with Gasteiger partial charge in [-0.05, 0) is 77.6 Å². The van der Waals surface area contributed by atoms with Gasteiger partial charge in [-0.25, -0.2) is 13.1 Å². The van der Waals surface area contributed by atoms with E-state index in [0.29, 0.717) is 25.7 Å². The fourth-order valence-corrected chi connectivity index (χ4v) is 5.61. The van der Waals surface area contributed by atoms with E-state index in [2.05, 4.69) is 45.8 Å². The molecule has 4 rings (SSSR count). The van der Waals surface area contributed by atoms with Crippen molar-refractivity contribution in [3.05, 3.63) is 42.5 Å². The van der Waals surface area contributed by atoms with Crippen LogP contribution in [0.3, 0.4) is 0 Å². The van der Waals surface area contributed by atoms with Crippen LogP contribution in [0.1, 0.15) is 53.4 Å². The van der Waals surface area contributed by atoms with Gasteiger partial charge in [0.15, 0.2) is 0 Å². The zero-order valence-corrected chi connectivity index (χ0v) is 20.1. The molecule has 0 aliphatic heterocycles. The molecule has 2 N–H and O–H groups in total. The number of aromatic nitrogens is 1. The molecule has 0 unspecified atom stereocenters. The predicted octanol–water partition coefficient (Wildman–Crippen LogP) is 5.03. The number of anilines is 1. The van der Waals surface area contributed by atoms with Crippen LogP contribution in [0.5, 0.6) is 0 Å². The van der Waals surface area contributed by atoms with Gasteiger partial charge in [-0.3, -0.25) is 4.79 Å². The van der Waals surface area contributed by atoms with Crippen molar-refractivity contribution in [2.75, 3.05) is 5.32 Å². The van der Waals surface area contributed by atoms with Crippen molar-refractivity contribution in [2.24, 2.45) is 5.92 Å². The zero-order chi connectivity index (χ0) is 23.1. The fraction of sp³-hybridized carbons (Fsp3) is 0.480. The van der Waals surface area contributed by atoms with E-state index in [0.717, 1.165) is 17.6 Å². The number of nitrogens with zero attached hydrogens (tertiary/aromatic N) is 1. The monoisotopic (exact) mass is 455 g/mol. The zero-order valence-electron chi connectivity index (χ0n) is 19.3. The predicted molar refractivity (Wildman–Crippen MR) is 131 cm³/mol. The van der Waals surface area contributed by atoms with Crippen LogP contribution in [0.15, 0.2) is 42.5 Å². The van der Waals surface area contributed by atoms with Crippen LogP contribution < -0.4 is 10.0 Å². The molecule has 2 aromatic carbocycles. The number of fused-ring (bicyclic) bond motifs is 3. The maximum atomic E-state index is 12.9. The van der Waals surface area contributed by atoms with Crippen LogP contribution in [0.2, 0.25) is 0 Å². The van der Waals surface area contributed by atoms with Crippen molar-refractivity contribution >= 4 is 43.4 Å². The summed E-state index contributed by atoms with van der Waals surface area (Å²) >= 11 is 0. The third kappa shape index (κ3) is 4.28. The molecular formula is C25H33N3O3S. The van der Waals surface area contributed by atoms with E-state index in [1.807, 2.05) is 18.2 Å². The standard InChI is InChI=1S/C25H33N3O3S/c1-5-28-22-9-7-6-8-20(22)21-16-19(14-15-23(21)28)26-24(29)17-10-12-18(13-11-17)27-32(30,31)25(2,3)4/h6-9,14-18,27H,5,10-13H2,1-4H3,(H,26,29)/t17-,18-. The number of carbonyl (C=O) groups is 1. The van der Waals surface area contributed by atoms with Gasteiger partial charge in [0.05, 0.1) is 4.75 Å². The van der Waals surface area contributed by atoms with Gasteiger partial charge in [0.2, 0.25) is 15.9 Å². The van der Waals surface area contributed by atoms with E-state index in [9.17, 15) is 13.2 Å². The van der Waals surface area contributed by atoms with E-state index in [-0.39, 0.29) is 17.9 Å². The molecule has 32 heavy (non-hydrogen) atoms. The maximum absolute atomic E-state index is 12.9. The molecule has 0 bridgehead atoms. The average Bonchev–Trinajstić information content (AvgIpc) is 3.06. The van der Waals surface area contributed by atoms with Gasteiger partial charge < -0.3 is 9.88 Å². The van der Waals surface area contributed by atoms with Crippen LogP contribution in [0.25, 0.3) is 21.8 Å². The molecule has 1 amide bonds. The summed E-state index contributed by atoms with van der Waals surface area (Å²) in [7, 11) is -3.38. The number of amides is 1. The van der Waals surface area contributed by atoms with Gasteiger partial charge in [-0.1, -0.05) is 18.2 Å². The number of hydrogen-bond donors (Lipinski definition) is 2. The minimum absolute atomic E-state index is 0.0145. The van der Waals surface area contributed by atoms with Crippen molar-refractivity contribution in [1.29, 1.82) is 0 Å². The smallest absolute Gasteiger partial charge is 0.227 e. The summed E-state index contributed by atoms with van der Waals surface area (Å²) in [6.07, 6.45) is 2.72. The number of sulfonamides is 1. The van der Waals surface area contributed by atoms with E-state index in [1.165, 1.54) is 16.4 Å². The molecule has 172 valence electrons. The Morgan fingerprint density at radius 2 is 1.66 bits per heavy atom. The lowest BCUT2D eigenvalue weighted by Crippen LogP contribution is -2.46. The average molecular weight is 456 g/mol. The van der Waals surface area contributed by atoms with E-state index >= 15 is 0 Å². The number of benzene rings is 2. The molecule has 0 radical (unpaired) electrons. The lowest BCUT2D eigenvalue weighted by atomic mass is 9.86. The van der Waals surface area contributed by atoms with E-state index < -0.39 is 14.8 Å². The molecular weight excluding hydrogens is 422 g/mol. The number of para-hydroxylation sites is 1. The first-order valence-electron chi connectivity index (χ1n) is 11.4. The Kier molecular flexibility index (Phi) is 6.07. The highest BCUT2D eigenvalue weighted by Crippen LogP contribution is 2.32. The Balaban J connectivity index is 1.44. The molecule has 1 aromatic heterocycles. The summed E-state index contributed by atoms with van der Waals surface area (Å²) in [5.41, 5.74) is 3.17. The molecule has 1 aliphatic carbocycles. The lowest BCUT2D eigenvalue weighted by molar-refractivity contribution is -0.120. The first kappa shape index (κ1) is 22.8. The summed E-state index contributed by atoms with van der Waals surface area (Å²) in [5.74, 6) is -0.0845. The Labute approximate surface area is 190 Å². The van der Waals surface area contributed by atoms with E-state index in [1.54, 1.807) is 20.8 Å². The van der Waals surface area contributed by atoms with Crippen LogP contribution in [-0.4, -0.2) is 29.7 Å². The normalized spacial score (nSPS) is 20.0. The number of carbonyl (C=O) groups excluding carboxylic acids is 1. The molecule has 0 spiro atoms. The molecule has 0 atom stereocenters. The van der Waals surface area contributed by atoms with E-state index in [4.69, 9.17) is 0 Å². The number of rotatable bonds is 5. The highest BCUT2D eigenvalue weighted by molar-refractivity contribution is 7.90. The van der Waals surface area contributed by atoms with Gasteiger partial charge in [0.25, 0.3) is 0 Å². The lowest BCUT2D eigenvalue weighted by Gasteiger charge is -2.30. The largest absolute Gasteiger partial charge is 0.341 e. The second-order valence-electron chi connectivity index (χ2n) is 9.76. The number of nitrogens with one attached hydrogen (secondary N) is 2. The summed E-state index contributed by atoms with van der Waals surface area (Å²) in [4.78, 5) is 12.9. The summed E-state index contributed by atoms with van der Waals surface area (Å²) in [6, 6.07) is 14.3. The number of aryl methyl sites for hydroxylation is 1. The molecule has 1 fully saturated rings. The molecule has 1 aliphatic rings. The molecule has 6 nitrogen and oxygen atoms in total. The quantitative estimate of drug-likeness (QED) is 0.566. The first-order chi connectivity index (χ1) is 15.1. The van der Waals surface area contributed by atoms with Crippen molar-refractivity contribution in [1.82, 2.24) is 9.29 Å². The molecule has 0 saturated heterocycles. The van der Waals surface area contributed by atoms with Crippen molar-refractivity contribution in [3.8, 4) is 0 Å². The minimum Gasteiger partial charge on any atom is -0.341 e. The summed E-state index contributed by atoms with van der Waals surface area (Å²) < 4.78 is 29.1. The van der Waals surface area contributed by atoms with Gasteiger partial charge in [0, 0.05) is 46.0 Å². The molecule has 1 saturated carbocycles. The topological polar surface area (TPSA) is 80.2 Å². The highest BCUT2D eigenvalue weighted by Gasteiger charge is 2.34. The first-order valence-corrected chi connectivity index (χ1v) is 12.9. The second kappa shape index (κ2) is 8.52. The Morgan fingerprint density at radius 1 is 1.00 bits per heavy atom. The molecule has 1 heterocycles. The second-order valence-corrected chi connectivity index (χ2v) is 12.2. The number of hydrogen-bond acceptors (Lipinski definition) is 3. The third-order valence-electron chi connectivity index (χ3n) is 6.58. The highest BCUT2D eigenvalue weighted by atomic mass is 32.2. The Bertz CT molecular complexity index is 1250. The fourth-order valence-electron chi connectivity index (χ4n) is 4.59. The van der Waals surface area contributed by atoms with Crippen molar-refractivity contribution in [2.45, 2.75) is 70.7 Å². The van der Waals surface area contributed by atoms with Crippen LogP contribution in [0.4, 0.5) is 5.69 Å². The summed E-state index contributed by atoms with van der Waals surface area (Å²) in [5, 5.41) is 5.42. The van der Waals surface area contributed by atoms with Crippen LogP contribution in [0, 0.1) is 5.92 Å². The van der Waals surface area contributed by atoms with Crippen molar-refractivity contribution in [3.63, 3.8) is 0 Å². The minimum atomic E-state index is -3.38. The van der Waals surface area contributed by atoms with Crippen molar-refractivity contribution < 1.29 is 13.2 Å². The van der Waals surface area contributed by atoms with Gasteiger partial charge in [-0.2, -0.15) is 0 Å². The molecule has 7 heteroatoms. The third-order valence-corrected chi connectivity index (χ3v) is 8.84. The van der Waals surface area contributed by atoms with Gasteiger partial charge in [0.1, 0.15) is 0 Å². The SMILES string of the molecule is CCn1c2ccccc2c2cc(NC(=O)[C@H]3CC[C@H](NS(=O)(=O)C(C)(C)C)CC3)ccc21. The van der Waals surface area contributed by atoms with Gasteiger partial charge in [-0.15, -0.1) is 0 Å². The van der Waals surface area contributed by atoms with Crippen LogP contribution >= 0.6 is 0 Å². The van der Waals surface area contributed by atoms with Gasteiger partial charge >= 0.3 is 0 Å². The maximum Gasteiger partial charge on any atom is 0.227 e. The summed E-state index contributed by atoms with van der Waals surface area (Å²) in [6.45, 7) is 8.12. The molecule has 3 aromatic rings. The Morgan fingerprint density at radius 3 is 2.31 bits per heavy atom.